The maximum atomic E-state index is 6.32. The molecule has 96 valence electrons. The lowest BCUT2D eigenvalue weighted by molar-refractivity contribution is 0.147. The molecule has 0 saturated heterocycles. The van der Waals surface area contributed by atoms with Gasteiger partial charge in [-0.1, -0.05) is 11.6 Å². The maximum absolute atomic E-state index is 6.32. The van der Waals surface area contributed by atoms with E-state index in [0.717, 1.165) is 42.3 Å². The molecule has 0 aliphatic heterocycles. The van der Waals surface area contributed by atoms with Crippen molar-refractivity contribution in [3.63, 3.8) is 0 Å². The third-order valence-corrected chi connectivity index (χ3v) is 3.93. The molecular weight excluding hydrogens is 250 g/mol. The van der Waals surface area contributed by atoms with E-state index >= 15 is 0 Å². The van der Waals surface area contributed by atoms with E-state index in [1.54, 1.807) is 6.20 Å². The Morgan fingerprint density at radius 1 is 1.28 bits per heavy atom. The molecule has 0 atom stereocenters. The molecule has 4 nitrogen and oxygen atoms in total. The summed E-state index contributed by atoms with van der Waals surface area (Å²) in [5.74, 6) is 0.742. The lowest BCUT2D eigenvalue weighted by Crippen LogP contribution is -2.31. The van der Waals surface area contributed by atoms with Crippen molar-refractivity contribution in [2.75, 3.05) is 0 Å². The second-order valence-electron chi connectivity index (χ2n) is 4.86. The number of benzene rings is 1. The van der Waals surface area contributed by atoms with Crippen molar-refractivity contribution < 1.29 is 4.74 Å². The summed E-state index contributed by atoms with van der Waals surface area (Å²) in [6.07, 6.45) is 6.00. The SMILES string of the molecule is N[C@H]1CC[C@H](Oc2ccc3[nH]ncc3c2Cl)CC1. The number of rotatable bonds is 2. The summed E-state index contributed by atoms with van der Waals surface area (Å²) in [6, 6.07) is 4.17. The van der Waals surface area contributed by atoms with Gasteiger partial charge in [-0.05, 0) is 37.8 Å². The highest BCUT2D eigenvalue weighted by molar-refractivity contribution is 6.36. The van der Waals surface area contributed by atoms with Crippen LogP contribution in [0.15, 0.2) is 18.3 Å². The predicted molar refractivity (Wildman–Crippen MR) is 72.0 cm³/mol. The Bertz CT molecular complexity index is 546. The molecule has 1 saturated carbocycles. The highest BCUT2D eigenvalue weighted by Crippen LogP contribution is 2.34. The summed E-state index contributed by atoms with van der Waals surface area (Å²) in [5, 5.41) is 8.41. The maximum Gasteiger partial charge on any atom is 0.139 e. The number of nitrogens with one attached hydrogen (secondary N) is 1. The van der Waals surface area contributed by atoms with E-state index in [1.807, 2.05) is 12.1 Å². The smallest absolute Gasteiger partial charge is 0.139 e. The second-order valence-corrected chi connectivity index (χ2v) is 5.24. The first-order valence-corrected chi connectivity index (χ1v) is 6.65. The van der Waals surface area contributed by atoms with Crippen LogP contribution in [-0.2, 0) is 0 Å². The summed E-state index contributed by atoms with van der Waals surface area (Å²) < 4.78 is 5.98. The molecule has 1 aromatic heterocycles. The van der Waals surface area contributed by atoms with Crippen LogP contribution in [0, 0.1) is 0 Å². The van der Waals surface area contributed by atoms with E-state index < -0.39 is 0 Å². The van der Waals surface area contributed by atoms with Crippen LogP contribution >= 0.6 is 11.6 Å². The quantitative estimate of drug-likeness (QED) is 0.878. The standard InChI is InChI=1S/C13H16ClN3O/c14-13-10-7-16-17-11(10)5-6-12(13)18-9-3-1-8(15)2-4-9/h5-9H,1-4,15H2,(H,16,17)/t8-,9-. The minimum Gasteiger partial charge on any atom is -0.489 e. The number of fused-ring (bicyclic) bond motifs is 1. The first-order valence-electron chi connectivity index (χ1n) is 6.28. The number of H-pyrrole nitrogens is 1. The first kappa shape index (κ1) is 11.8. The fourth-order valence-electron chi connectivity index (χ4n) is 2.44. The molecule has 5 heteroatoms. The Hall–Kier alpha value is -1.26. The molecule has 3 rings (SSSR count). The highest BCUT2D eigenvalue weighted by Gasteiger charge is 2.21. The number of aromatic amines is 1. The van der Waals surface area contributed by atoms with Gasteiger partial charge in [-0.3, -0.25) is 5.10 Å². The van der Waals surface area contributed by atoms with Crippen molar-refractivity contribution in [3.8, 4) is 5.75 Å². The number of halogens is 1. The minimum atomic E-state index is 0.228. The Balaban J connectivity index is 1.80. The minimum absolute atomic E-state index is 0.228. The van der Waals surface area contributed by atoms with Gasteiger partial charge in [-0.25, -0.2) is 0 Å². The summed E-state index contributed by atoms with van der Waals surface area (Å²) in [7, 11) is 0. The molecule has 1 aliphatic rings. The Labute approximate surface area is 110 Å². The molecule has 0 spiro atoms. The zero-order valence-corrected chi connectivity index (χ0v) is 10.8. The molecule has 2 aromatic rings. The van der Waals surface area contributed by atoms with Crippen LogP contribution in [0.4, 0.5) is 0 Å². The van der Waals surface area contributed by atoms with Gasteiger partial charge in [-0.2, -0.15) is 5.10 Å². The first-order chi connectivity index (χ1) is 8.74. The average molecular weight is 266 g/mol. The number of hydrogen-bond donors (Lipinski definition) is 2. The number of hydrogen-bond acceptors (Lipinski definition) is 3. The molecule has 1 aliphatic carbocycles. The van der Waals surface area contributed by atoms with Crippen molar-refractivity contribution in [1.29, 1.82) is 0 Å². The van der Waals surface area contributed by atoms with E-state index in [-0.39, 0.29) is 6.10 Å². The molecular formula is C13H16ClN3O. The summed E-state index contributed by atoms with van der Waals surface area (Å²) in [5.41, 5.74) is 6.82. The molecule has 1 heterocycles. The fraction of sp³-hybridized carbons (Fsp3) is 0.462. The number of aromatic nitrogens is 2. The molecule has 1 fully saturated rings. The third kappa shape index (κ3) is 2.18. The van der Waals surface area contributed by atoms with E-state index in [4.69, 9.17) is 22.1 Å². The van der Waals surface area contributed by atoms with Gasteiger partial charge in [-0.15, -0.1) is 0 Å². The largest absolute Gasteiger partial charge is 0.489 e. The van der Waals surface area contributed by atoms with Crippen LogP contribution in [0.3, 0.4) is 0 Å². The summed E-state index contributed by atoms with van der Waals surface area (Å²) in [4.78, 5) is 0. The average Bonchev–Trinajstić information content (AvgIpc) is 2.84. The zero-order chi connectivity index (χ0) is 12.5. The van der Waals surface area contributed by atoms with Crippen molar-refractivity contribution in [1.82, 2.24) is 10.2 Å². The summed E-state index contributed by atoms with van der Waals surface area (Å²) in [6.45, 7) is 0. The molecule has 0 amide bonds. The van der Waals surface area contributed by atoms with E-state index in [2.05, 4.69) is 10.2 Å². The number of nitrogens with two attached hydrogens (primary N) is 1. The van der Waals surface area contributed by atoms with Gasteiger partial charge in [0, 0.05) is 11.4 Å². The van der Waals surface area contributed by atoms with Crippen molar-refractivity contribution in [3.05, 3.63) is 23.4 Å². The van der Waals surface area contributed by atoms with Crippen LogP contribution in [0.1, 0.15) is 25.7 Å². The van der Waals surface area contributed by atoms with Gasteiger partial charge in [0.15, 0.2) is 0 Å². The van der Waals surface area contributed by atoms with Gasteiger partial charge in [0.05, 0.1) is 22.8 Å². The van der Waals surface area contributed by atoms with Crippen molar-refractivity contribution in [2.45, 2.75) is 37.8 Å². The number of ether oxygens (including phenoxy) is 1. The van der Waals surface area contributed by atoms with Crippen LogP contribution in [0.2, 0.25) is 5.02 Å². The lowest BCUT2D eigenvalue weighted by Gasteiger charge is -2.27. The van der Waals surface area contributed by atoms with Gasteiger partial charge in [0.25, 0.3) is 0 Å². The highest BCUT2D eigenvalue weighted by atomic mass is 35.5. The van der Waals surface area contributed by atoms with Crippen LogP contribution in [0.5, 0.6) is 5.75 Å². The van der Waals surface area contributed by atoms with E-state index in [0.29, 0.717) is 11.1 Å². The monoisotopic (exact) mass is 265 g/mol. The Morgan fingerprint density at radius 2 is 2.06 bits per heavy atom. The van der Waals surface area contributed by atoms with Crippen molar-refractivity contribution in [2.24, 2.45) is 5.73 Å². The van der Waals surface area contributed by atoms with Crippen LogP contribution in [0.25, 0.3) is 10.9 Å². The van der Waals surface area contributed by atoms with Crippen LogP contribution in [-0.4, -0.2) is 22.3 Å². The number of nitrogens with zero attached hydrogens (tertiary/aromatic N) is 1. The van der Waals surface area contributed by atoms with E-state index in [9.17, 15) is 0 Å². The molecule has 0 unspecified atom stereocenters. The zero-order valence-electron chi connectivity index (χ0n) is 10.0. The lowest BCUT2D eigenvalue weighted by atomic mass is 9.94. The summed E-state index contributed by atoms with van der Waals surface area (Å²) >= 11 is 6.32. The van der Waals surface area contributed by atoms with E-state index in [1.165, 1.54) is 0 Å². The van der Waals surface area contributed by atoms with Gasteiger partial charge >= 0.3 is 0 Å². The second kappa shape index (κ2) is 4.78. The Kier molecular flexibility index (Phi) is 3.14. The molecule has 0 bridgehead atoms. The third-order valence-electron chi connectivity index (χ3n) is 3.54. The topological polar surface area (TPSA) is 63.9 Å². The van der Waals surface area contributed by atoms with Crippen molar-refractivity contribution >= 4 is 22.5 Å². The molecule has 3 N–H and O–H groups in total. The van der Waals surface area contributed by atoms with Crippen LogP contribution < -0.4 is 10.5 Å². The molecule has 0 radical (unpaired) electrons. The predicted octanol–water partition coefficient (Wildman–Crippen LogP) is 2.87. The molecule has 18 heavy (non-hydrogen) atoms. The fourth-order valence-corrected chi connectivity index (χ4v) is 2.70. The van der Waals surface area contributed by atoms with Gasteiger partial charge < -0.3 is 10.5 Å². The Morgan fingerprint density at radius 3 is 2.83 bits per heavy atom. The normalized spacial score (nSPS) is 24.3. The molecule has 1 aromatic carbocycles. The van der Waals surface area contributed by atoms with Gasteiger partial charge in [0.1, 0.15) is 5.75 Å². The van der Waals surface area contributed by atoms with Gasteiger partial charge in [0.2, 0.25) is 0 Å².